The Labute approximate surface area is 111 Å². The van der Waals surface area contributed by atoms with Crippen molar-refractivity contribution in [2.75, 3.05) is 33.9 Å². The molecule has 2 amide bonds. The largest absolute Gasteiger partial charge is 0.480 e. The average Bonchev–Trinajstić information content (AvgIpc) is 2.37. The molecule has 0 fully saturated rings. The van der Waals surface area contributed by atoms with Gasteiger partial charge in [0.25, 0.3) is 0 Å². The maximum atomic E-state index is 11.8. The Kier molecular flexibility index (Phi) is 8.27. The molecule has 0 aliphatic carbocycles. The first kappa shape index (κ1) is 17.2. The average molecular weight is 276 g/mol. The fourth-order valence-corrected chi connectivity index (χ4v) is 1.18. The summed E-state index contributed by atoms with van der Waals surface area (Å²) >= 11 is 0. The molecule has 0 aliphatic rings. The van der Waals surface area contributed by atoms with Gasteiger partial charge in [-0.15, -0.1) is 0 Å². The summed E-state index contributed by atoms with van der Waals surface area (Å²) in [6.45, 7) is 2.03. The Morgan fingerprint density at radius 3 is 2.37 bits per heavy atom. The van der Waals surface area contributed by atoms with E-state index in [2.05, 4.69) is 10.1 Å². The second-order valence-corrected chi connectivity index (χ2v) is 3.82. The van der Waals surface area contributed by atoms with Gasteiger partial charge < -0.3 is 24.8 Å². The van der Waals surface area contributed by atoms with E-state index in [1.54, 1.807) is 0 Å². The van der Waals surface area contributed by atoms with Gasteiger partial charge in [-0.2, -0.15) is 0 Å². The van der Waals surface area contributed by atoms with E-state index >= 15 is 0 Å². The molecule has 8 nitrogen and oxygen atoms in total. The standard InChI is InChI=1S/C11H20N2O6/c1-8(10(15)16)12-11(17)13(6-7-18-2)5-4-9(14)19-3/h8H,4-7H2,1-3H3,(H,12,17)(H,15,16)/t8-/m0/s1. The number of carboxylic acids is 1. The van der Waals surface area contributed by atoms with Crippen molar-refractivity contribution in [3.63, 3.8) is 0 Å². The molecule has 19 heavy (non-hydrogen) atoms. The van der Waals surface area contributed by atoms with Crippen LogP contribution >= 0.6 is 0 Å². The van der Waals surface area contributed by atoms with E-state index in [-0.39, 0.29) is 26.1 Å². The number of hydrogen-bond acceptors (Lipinski definition) is 5. The first-order valence-corrected chi connectivity index (χ1v) is 5.76. The highest BCUT2D eigenvalue weighted by atomic mass is 16.5. The van der Waals surface area contributed by atoms with Crippen molar-refractivity contribution in [3.8, 4) is 0 Å². The van der Waals surface area contributed by atoms with Crippen LogP contribution in [0.2, 0.25) is 0 Å². The quantitative estimate of drug-likeness (QED) is 0.589. The number of methoxy groups -OCH3 is 2. The molecule has 0 heterocycles. The predicted molar refractivity (Wildman–Crippen MR) is 65.7 cm³/mol. The maximum Gasteiger partial charge on any atom is 0.325 e. The molecule has 0 saturated heterocycles. The van der Waals surface area contributed by atoms with Gasteiger partial charge in [0, 0.05) is 20.2 Å². The molecule has 1 atom stereocenters. The number of aliphatic carboxylic acids is 1. The second kappa shape index (κ2) is 9.15. The molecule has 0 saturated carbocycles. The summed E-state index contributed by atoms with van der Waals surface area (Å²) in [4.78, 5) is 34.8. The fraction of sp³-hybridized carbons (Fsp3) is 0.727. The minimum atomic E-state index is -1.13. The predicted octanol–water partition coefficient (Wildman–Crippen LogP) is -0.319. The monoisotopic (exact) mass is 276 g/mol. The highest BCUT2D eigenvalue weighted by Gasteiger charge is 2.19. The van der Waals surface area contributed by atoms with Crippen molar-refractivity contribution in [2.24, 2.45) is 0 Å². The van der Waals surface area contributed by atoms with E-state index in [0.29, 0.717) is 0 Å². The van der Waals surface area contributed by atoms with Crippen LogP contribution in [0.4, 0.5) is 4.79 Å². The maximum absolute atomic E-state index is 11.8. The number of carbonyl (C=O) groups is 3. The summed E-state index contributed by atoms with van der Waals surface area (Å²) in [5.74, 6) is -1.57. The lowest BCUT2D eigenvalue weighted by Crippen LogP contribution is -2.48. The first-order chi connectivity index (χ1) is 8.92. The number of ether oxygens (including phenoxy) is 2. The lowest BCUT2D eigenvalue weighted by molar-refractivity contribution is -0.141. The number of carbonyl (C=O) groups excluding carboxylic acids is 2. The van der Waals surface area contributed by atoms with Crippen LogP contribution in [0.3, 0.4) is 0 Å². The summed E-state index contributed by atoms with van der Waals surface area (Å²) in [7, 11) is 2.74. The molecule has 2 N–H and O–H groups in total. The smallest absolute Gasteiger partial charge is 0.325 e. The van der Waals surface area contributed by atoms with Gasteiger partial charge in [0.1, 0.15) is 6.04 Å². The number of carboxylic acid groups (broad SMARTS) is 1. The number of hydrogen-bond donors (Lipinski definition) is 2. The molecule has 0 aromatic carbocycles. The van der Waals surface area contributed by atoms with E-state index in [1.165, 1.54) is 26.0 Å². The third-order valence-corrected chi connectivity index (χ3v) is 2.38. The van der Waals surface area contributed by atoms with Crippen LogP contribution in [0.5, 0.6) is 0 Å². The third kappa shape index (κ3) is 7.24. The Bertz CT molecular complexity index is 320. The van der Waals surface area contributed by atoms with Crippen molar-refractivity contribution >= 4 is 18.0 Å². The van der Waals surface area contributed by atoms with Crippen LogP contribution in [-0.2, 0) is 19.1 Å². The highest BCUT2D eigenvalue weighted by Crippen LogP contribution is 1.96. The van der Waals surface area contributed by atoms with Gasteiger partial charge in [-0.25, -0.2) is 4.79 Å². The molecule has 0 unspecified atom stereocenters. The first-order valence-electron chi connectivity index (χ1n) is 5.76. The number of esters is 1. The van der Waals surface area contributed by atoms with Crippen LogP contribution in [0.25, 0.3) is 0 Å². The zero-order valence-corrected chi connectivity index (χ0v) is 11.3. The van der Waals surface area contributed by atoms with Crippen LogP contribution in [0.1, 0.15) is 13.3 Å². The molecular formula is C11H20N2O6. The summed E-state index contributed by atoms with van der Waals surface area (Å²) in [6, 6.07) is -1.56. The SMILES string of the molecule is COCCN(CCC(=O)OC)C(=O)N[C@@H](C)C(=O)O. The van der Waals surface area contributed by atoms with E-state index in [1.807, 2.05) is 0 Å². The topological polar surface area (TPSA) is 105 Å². The van der Waals surface area contributed by atoms with E-state index in [9.17, 15) is 14.4 Å². The highest BCUT2D eigenvalue weighted by molar-refractivity contribution is 5.82. The number of nitrogens with zero attached hydrogens (tertiary/aromatic N) is 1. The molecule has 0 spiro atoms. The molecule has 0 rings (SSSR count). The van der Waals surface area contributed by atoms with Crippen molar-refractivity contribution in [1.29, 1.82) is 0 Å². The van der Waals surface area contributed by atoms with Crippen molar-refractivity contribution in [3.05, 3.63) is 0 Å². The van der Waals surface area contributed by atoms with Crippen LogP contribution in [-0.4, -0.2) is 67.9 Å². The van der Waals surface area contributed by atoms with Gasteiger partial charge in [0.05, 0.1) is 20.1 Å². The number of amides is 2. The van der Waals surface area contributed by atoms with Crippen LogP contribution in [0, 0.1) is 0 Å². The minimum absolute atomic E-state index is 0.0368. The number of nitrogens with one attached hydrogen (secondary N) is 1. The molecule has 0 bridgehead atoms. The fourth-order valence-electron chi connectivity index (χ4n) is 1.18. The third-order valence-electron chi connectivity index (χ3n) is 2.38. The molecule has 0 radical (unpaired) electrons. The Hall–Kier alpha value is -1.83. The summed E-state index contributed by atoms with van der Waals surface area (Å²) in [5.41, 5.74) is 0. The van der Waals surface area contributed by atoms with Gasteiger partial charge in [-0.1, -0.05) is 0 Å². The molecular weight excluding hydrogens is 256 g/mol. The number of rotatable bonds is 8. The van der Waals surface area contributed by atoms with Gasteiger partial charge in [-0.3, -0.25) is 9.59 Å². The van der Waals surface area contributed by atoms with E-state index in [4.69, 9.17) is 9.84 Å². The Morgan fingerprint density at radius 2 is 1.89 bits per heavy atom. The summed E-state index contributed by atoms with van der Waals surface area (Å²) in [5, 5.41) is 11.0. The van der Waals surface area contributed by atoms with Gasteiger partial charge in [0.15, 0.2) is 0 Å². The Morgan fingerprint density at radius 1 is 1.26 bits per heavy atom. The van der Waals surface area contributed by atoms with Gasteiger partial charge in [0.2, 0.25) is 0 Å². The molecule has 0 aliphatic heterocycles. The molecule has 0 aromatic heterocycles. The van der Waals surface area contributed by atoms with E-state index < -0.39 is 24.0 Å². The van der Waals surface area contributed by atoms with Crippen LogP contribution in [0.15, 0.2) is 0 Å². The lowest BCUT2D eigenvalue weighted by atomic mass is 10.3. The number of urea groups is 1. The van der Waals surface area contributed by atoms with Crippen molar-refractivity contribution in [2.45, 2.75) is 19.4 Å². The van der Waals surface area contributed by atoms with E-state index in [0.717, 1.165) is 0 Å². The Balaban J connectivity index is 4.41. The van der Waals surface area contributed by atoms with Crippen molar-refractivity contribution < 1.29 is 29.0 Å². The minimum Gasteiger partial charge on any atom is -0.480 e. The lowest BCUT2D eigenvalue weighted by Gasteiger charge is -2.23. The molecule has 110 valence electrons. The zero-order valence-electron chi connectivity index (χ0n) is 11.3. The summed E-state index contributed by atoms with van der Waals surface area (Å²) < 4.78 is 9.34. The molecule has 8 heteroatoms. The summed E-state index contributed by atoms with van der Waals surface area (Å²) in [6.07, 6.45) is 0.0368. The van der Waals surface area contributed by atoms with Gasteiger partial charge in [-0.05, 0) is 6.92 Å². The normalized spacial score (nSPS) is 11.5. The zero-order chi connectivity index (χ0) is 14.8. The van der Waals surface area contributed by atoms with Crippen LogP contribution < -0.4 is 5.32 Å². The van der Waals surface area contributed by atoms with Gasteiger partial charge >= 0.3 is 18.0 Å². The van der Waals surface area contributed by atoms with Crippen molar-refractivity contribution in [1.82, 2.24) is 10.2 Å². The second-order valence-electron chi connectivity index (χ2n) is 3.82. The molecule has 0 aromatic rings.